The van der Waals surface area contributed by atoms with E-state index in [-0.39, 0.29) is 12.1 Å². The Morgan fingerprint density at radius 2 is 2.22 bits per heavy atom. The monoisotopic (exact) mass is 273 g/mol. The van der Waals surface area contributed by atoms with Crippen LogP contribution in [0, 0.1) is 0 Å². The van der Waals surface area contributed by atoms with Crippen LogP contribution in [-0.4, -0.2) is 46.5 Å². The molecule has 2 aliphatic rings. The average molecular weight is 273 g/mol. The molecule has 1 heterocycles. The molecule has 18 heavy (non-hydrogen) atoms. The highest BCUT2D eigenvalue weighted by Gasteiger charge is 2.41. The van der Waals surface area contributed by atoms with Crippen molar-refractivity contribution < 1.29 is 9.84 Å². The Hall–Kier alpha value is 0.230. The molecule has 4 atom stereocenters. The van der Waals surface area contributed by atoms with E-state index in [9.17, 15) is 5.11 Å². The summed E-state index contributed by atoms with van der Waals surface area (Å²) in [5, 5.41) is 14.6. The number of aliphatic hydroxyl groups excluding tert-OH is 1. The predicted molar refractivity (Wildman–Crippen MR) is 77.1 cm³/mol. The van der Waals surface area contributed by atoms with Gasteiger partial charge < -0.3 is 15.2 Å². The van der Waals surface area contributed by atoms with Gasteiger partial charge in [0, 0.05) is 28.7 Å². The van der Waals surface area contributed by atoms with Gasteiger partial charge in [-0.25, -0.2) is 0 Å². The van der Waals surface area contributed by atoms with Gasteiger partial charge in [-0.1, -0.05) is 13.8 Å². The minimum absolute atomic E-state index is 0.0332. The minimum atomic E-state index is -0.0332. The lowest BCUT2D eigenvalue weighted by molar-refractivity contribution is 0.127. The Balaban J connectivity index is 1.86. The normalized spacial score (nSPS) is 40.8. The molecule has 2 rings (SSSR count). The zero-order valence-electron chi connectivity index (χ0n) is 11.8. The van der Waals surface area contributed by atoms with Gasteiger partial charge in [-0.2, -0.15) is 11.8 Å². The first-order valence-corrected chi connectivity index (χ1v) is 8.14. The van der Waals surface area contributed by atoms with Crippen molar-refractivity contribution in [3.05, 3.63) is 0 Å². The molecule has 0 spiro atoms. The molecular weight excluding hydrogens is 246 g/mol. The Morgan fingerprint density at radius 3 is 2.78 bits per heavy atom. The van der Waals surface area contributed by atoms with Crippen molar-refractivity contribution >= 4 is 11.8 Å². The van der Waals surface area contributed by atoms with Gasteiger partial charge in [0.15, 0.2) is 0 Å². The van der Waals surface area contributed by atoms with E-state index in [4.69, 9.17) is 4.74 Å². The number of thioether (sulfide) groups is 1. The van der Waals surface area contributed by atoms with Crippen LogP contribution in [0.2, 0.25) is 0 Å². The average Bonchev–Trinajstić information content (AvgIpc) is 2.88. The van der Waals surface area contributed by atoms with E-state index < -0.39 is 0 Å². The fourth-order valence-corrected chi connectivity index (χ4v) is 4.96. The molecule has 0 aromatic rings. The van der Waals surface area contributed by atoms with E-state index in [1.165, 1.54) is 12.8 Å². The molecule has 1 aliphatic heterocycles. The number of hydrogen-bond donors (Lipinski definition) is 2. The third-order valence-corrected chi connectivity index (χ3v) is 5.89. The maximum absolute atomic E-state index is 9.70. The van der Waals surface area contributed by atoms with Crippen molar-refractivity contribution in [3.63, 3.8) is 0 Å². The van der Waals surface area contributed by atoms with E-state index >= 15 is 0 Å². The van der Waals surface area contributed by atoms with Gasteiger partial charge >= 0.3 is 0 Å². The SMILES string of the molecule is CC(C)NC1(CO)CCC(SC2CCOC2C)C1. The van der Waals surface area contributed by atoms with Crippen molar-refractivity contribution in [2.45, 2.75) is 74.6 Å². The van der Waals surface area contributed by atoms with Crippen LogP contribution in [-0.2, 0) is 4.74 Å². The second-order valence-electron chi connectivity index (χ2n) is 6.14. The van der Waals surface area contributed by atoms with Crippen LogP contribution in [0.1, 0.15) is 46.5 Å². The summed E-state index contributed by atoms with van der Waals surface area (Å²) >= 11 is 2.09. The Kier molecular flexibility index (Phi) is 4.98. The molecule has 2 fully saturated rings. The van der Waals surface area contributed by atoms with Crippen LogP contribution < -0.4 is 5.32 Å². The quantitative estimate of drug-likeness (QED) is 0.805. The number of ether oxygens (including phenoxy) is 1. The third-order valence-electron chi connectivity index (χ3n) is 4.13. The number of rotatable bonds is 5. The second kappa shape index (κ2) is 6.12. The molecule has 0 radical (unpaired) electrons. The zero-order chi connectivity index (χ0) is 13.2. The van der Waals surface area contributed by atoms with E-state index in [2.05, 4.69) is 37.8 Å². The van der Waals surface area contributed by atoms with Crippen molar-refractivity contribution in [1.29, 1.82) is 0 Å². The molecule has 0 amide bonds. The maximum Gasteiger partial charge on any atom is 0.0666 e. The lowest BCUT2D eigenvalue weighted by atomic mass is 9.98. The van der Waals surface area contributed by atoms with Gasteiger partial charge in [0.25, 0.3) is 0 Å². The number of aliphatic hydroxyl groups is 1. The van der Waals surface area contributed by atoms with Crippen LogP contribution >= 0.6 is 11.8 Å². The lowest BCUT2D eigenvalue weighted by Crippen LogP contribution is -2.49. The molecule has 0 aromatic heterocycles. The molecule has 106 valence electrons. The van der Waals surface area contributed by atoms with Crippen LogP contribution in [0.5, 0.6) is 0 Å². The molecular formula is C14H27NO2S. The van der Waals surface area contributed by atoms with E-state index in [0.29, 0.717) is 22.6 Å². The first-order valence-electron chi connectivity index (χ1n) is 7.20. The largest absolute Gasteiger partial charge is 0.394 e. The maximum atomic E-state index is 9.70. The summed E-state index contributed by atoms with van der Waals surface area (Å²) < 4.78 is 5.63. The van der Waals surface area contributed by atoms with Gasteiger partial charge in [-0.3, -0.25) is 0 Å². The summed E-state index contributed by atoms with van der Waals surface area (Å²) in [7, 11) is 0. The highest BCUT2D eigenvalue weighted by atomic mass is 32.2. The first-order chi connectivity index (χ1) is 8.54. The van der Waals surface area contributed by atoms with Crippen molar-refractivity contribution in [2.75, 3.05) is 13.2 Å². The molecule has 0 bridgehead atoms. The lowest BCUT2D eigenvalue weighted by Gasteiger charge is -2.31. The Bertz CT molecular complexity index is 275. The summed E-state index contributed by atoms with van der Waals surface area (Å²) in [6.07, 6.45) is 4.99. The molecule has 2 N–H and O–H groups in total. The number of hydrogen-bond acceptors (Lipinski definition) is 4. The fraction of sp³-hybridized carbons (Fsp3) is 1.00. The van der Waals surface area contributed by atoms with Gasteiger partial charge in [0.2, 0.25) is 0 Å². The van der Waals surface area contributed by atoms with Crippen LogP contribution in [0.15, 0.2) is 0 Å². The molecule has 1 aliphatic carbocycles. The molecule has 4 unspecified atom stereocenters. The van der Waals surface area contributed by atoms with Crippen molar-refractivity contribution in [1.82, 2.24) is 5.32 Å². The topological polar surface area (TPSA) is 41.5 Å². The first kappa shape index (κ1) is 14.6. The van der Waals surface area contributed by atoms with Gasteiger partial charge in [0.05, 0.1) is 12.7 Å². The summed E-state index contributed by atoms with van der Waals surface area (Å²) in [6.45, 7) is 7.68. The van der Waals surface area contributed by atoms with E-state index in [0.717, 1.165) is 19.4 Å². The molecule has 1 saturated heterocycles. The van der Waals surface area contributed by atoms with Crippen molar-refractivity contribution in [2.24, 2.45) is 0 Å². The standard InChI is InChI=1S/C14H27NO2S/c1-10(2)15-14(9-16)6-4-12(8-14)18-13-5-7-17-11(13)3/h10-13,15-16H,4-9H2,1-3H3. The third kappa shape index (κ3) is 3.41. The summed E-state index contributed by atoms with van der Waals surface area (Å²) in [6, 6.07) is 0.439. The predicted octanol–water partition coefficient (Wildman–Crippen LogP) is 2.18. The van der Waals surface area contributed by atoms with E-state index in [1.54, 1.807) is 0 Å². The highest BCUT2D eigenvalue weighted by molar-refractivity contribution is 8.00. The fourth-order valence-electron chi connectivity index (χ4n) is 3.26. The van der Waals surface area contributed by atoms with Gasteiger partial charge in [-0.15, -0.1) is 0 Å². The number of nitrogens with one attached hydrogen (secondary N) is 1. The van der Waals surface area contributed by atoms with Crippen LogP contribution in [0.25, 0.3) is 0 Å². The Morgan fingerprint density at radius 1 is 1.44 bits per heavy atom. The van der Waals surface area contributed by atoms with Crippen molar-refractivity contribution in [3.8, 4) is 0 Å². The molecule has 1 saturated carbocycles. The summed E-state index contributed by atoms with van der Waals surface area (Å²) in [5.74, 6) is 0. The van der Waals surface area contributed by atoms with Gasteiger partial charge in [-0.05, 0) is 32.6 Å². The van der Waals surface area contributed by atoms with Gasteiger partial charge in [0.1, 0.15) is 0 Å². The second-order valence-corrected chi connectivity index (χ2v) is 7.69. The zero-order valence-corrected chi connectivity index (χ0v) is 12.6. The van der Waals surface area contributed by atoms with Crippen LogP contribution in [0.3, 0.4) is 0 Å². The Labute approximate surface area is 115 Å². The molecule has 0 aromatic carbocycles. The minimum Gasteiger partial charge on any atom is -0.394 e. The summed E-state index contributed by atoms with van der Waals surface area (Å²) in [4.78, 5) is 0. The molecule has 3 nitrogen and oxygen atoms in total. The van der Waals surface area contributed by atoms with Crippen LogP contribution in [0.4, 0.5) is 0 Å². The highest BCUT2D eigenvalue weighted by Crippen LogP contribution is 2.41. The molecule has 4 heteroatoms. The summed E-state index contributed by atoms with van der Waals surface area (Å²) in [5.41, 5.74) is -0.0332. The van der Waals surface area contributed by atoms with E-state index in [1.807, 2.05) is 0 Å². The smallest absolute Gasteiger partial charge is 0.0666 e.